The standard InChI is InChI=1S/C10H7F/c1-2-3-6-9-7-4-5-8-10(9)11/h2,4-5,7-8H,1H2. The minimum Gasteiger partial charge on any atom is -0.206 e. The molecule has 0 saturated heterocycles. The highest BCUT2D eigenvalue weighted by Crippen LogP contribution is 2.03. The molecule has 1 rings (SSSR count). The number of rotatable bonds is 0. The number of allylic oxidation sites excluding steroid dienone is 1. The van der Waals surface area contributed by atoms with Gasteiger partial charge in [0, 0.05) is 0 Å². The van der Waals surface area contributed by atoms with Gasteiger partial charge in [0.1, 0.15) is 5.82 Å². The van der Waals surface area contributed by atoms with Crippen LogP contribution in [-0.4, -0.2) is 0 Å². The van der Waals surface area contributed by atoms with Gasteiger partial charge in [0.2, 0.25) is 0 Å². The molecule has 0 aliphatic rings. The molecule has 0 fully saturated rings. The second-order valence-electron chi connectivity index (χ2n) is 1.95. The van der Waals surface area contributed by atoms with Crippen LogP contribution in [0.1, 0.15) is 5.56 Å². The van der Waals surface area contributed by atoms with Gasteiger partial charge in [-0.25, -0.2) is 4.39 Å². The van der Waals surface area contributed by atoms with Crippen molar-refractivity contribution in [2.75, 3.05) is 0 Å². The number of hydrogen-bond donors (Lipinski definition) is 0. The van der Waals surface area contributed by atoms with Gasteiger partial charge in [-0.15, -0.1) is 0 Å². The summed E-state index contributed by atoms with van der Waals surface area (Å²) >= 11 is 0. The van der Waals surface area contributed by atoms with E-state index >= 15 is 0 Å². The molecule has 0 aliphatic carbocycles. The van der Waals surface area contributed by atoms with E-state index in [0.29, 0.717) is 5.56 Å². The average molecular weight is 146 g/mol. The summed E-state index contributed by atoms with van der Waals surface area (Å²) in [7, 11) is 0. The first-order valence-corrected chi connectivity index (χ1v) is 3.21. The predicted molar refractivity (Wildman–Crippen MR) is 43.5 cm³/mol. The Morgan fingerprint density at radius 1 is 1.36 bits per heavy atom. The van der Waals surface area contributed by atoms with Crippen molar-refractivity contribution in [1.82, 2.24) is 0 Å². The topological polar surface area (TPSA) is 0 Å². The molecule has 0 spiro atoms. The quantitative estimate of drug-likeness (QED) is 0.493. The van der Waals surface area contributed by atoms with E-state index in [1.54, 1.807) is 18.2 Å². The Bertz CT molecular complexity index is 315. The fraction of sp³-hybridized carbons (Fsp3) is 0. The van der Waals surface area contributed by atoms with Crippen LogP contribution < -0.4 is 0 Å². The van der Waals surface area contributed by atoms with Crippen LogP contribution in [0, 0.1) is 17.7 Å². The summed E-state index contributed by atoms with van der Waals surface area (Å²) < 4.78 is 12.8. The summed E-state index contributed by atoms with van der Waals surface area (Å²) in [5.41, 5.74) is 0.410. The summed E-state index contributed by atoms with van der Waals surface area (Å²) in [5.74, 6) is 4.91. The van der Waals surface area contributed by atoms with E-state index < -0.39 is 0 Å². The third kappa shape index (κ3) is 1.94. The molecular formula is C10H7F. The van der Waals surface area contributed by atoms with E-state index in [4.69, 9.17) is 0 Å². The minimum absolute atomic E-state index is 0.290. The molecule has 11 heavy (non-hydrogen) atoms. The Balaban J connectivity index is 3.03. The van der Waals surface area contributed by atoms with Crippen LogP contribution in [-0.2, 0) is 0 Å². The van der Waals surface area contributed by atoms with Crippen molar-refractivity contribution in [2.24, 2.45) is 0 Å². The fourth-order valence-corrected chi connectivity index (χ4v) is 0.691. The van der Waals surface area contributed by atoms with Crippen LogP contribution in [0.25, 0.3) is 0 Å². The number of benzene rings is 1. The smallest absolute Gasteiger partial charge is 0.138 e. The van der Waals surface area contributed by atoms with Crippen molar-refractivity contribution in [2.45, 2.75) is 0 Å². The highest BCUT2D eigenvalue weighted by atomic mass is 19.1. The summed E-state index contributed by atoms with van der Waals surface area (Å²) in [6.07, 6.45) is 1.44. The normalized spacial score (nSPS) is 8.09. The van der Waals surface area contributed by atoms with Crippen LogP contribution >= 0.6 is 0 Å². The lowest BCUT2D eigenvalue weighted by molar-refractivity contribution is 0.624. The summed E-state index contributed by atoms with van der Waals surface area (Å²) in [5, 5.41) is 0. The molecule has 1 aromatic rings. The maximum atomic E-state index is 12.8. The molecule has 0 bridgehead atoms. The first-order chi connectivity index (χ1) is 5.34. The Hall–Kier alpha value is -1.55. The molecule has 1 aromatic carbocycles. The van der Waals surface area contributed by atoms with Crippen LogP contribution in [0.15, 0.2) is 36.9 Å². The van der Waals surface area contributed by atoms with Gasteiger partial charge in [-0.1, -0.05) is 30.6 Å². The van der Waals surface area contributed by atoms with E-state index in [1.165, 1.54) is 12.1 Å². The van der Waals surface area contributed by atoms with Crippen molar-refractivity contribution < 1.29 is 4.39 Å². The van der Waals surface area contributed by atoms with Gasteiger partial charge in [-0.2, -0.15) is 0 Å². The van der Waals surface area contributed by atoms with Gasteiger partial charge in [-0.3, -0.25) is 0 Å². The third-order valence-corrected chi connectivity index (χ3v) is 1.18. The first kappa shape index (κ1) is 7.56. The summed E-state index contributed by atoms with van der Waals surface area (Å²) in [4.78, 5) is 0. The van der Waals surface area contributed by atoms with Gasteiger partial charge >= 0.3 is 0 Å². The average Bonchev–Trinajstić information content (AvgIpc) is 2.03. The van der Waals surface area contributed by atoms with Crippen LogP contribution in [0.3, 0.4) is 0 Å². The van der Waals surface area contributed by atoms with E-state index in [9.17, 15) is 4.39 Å². The molecule has 0 nitrogen and oxygen atoms in total. The lowest BCUT2D eigenvalue weighted by atomic mass is 10.2. The Labute approximate surface area is 65.4 Å². The molecule has 0 heterocycles. The molecule has 0 amide bonds. The predicted octanol–water partition coefficient (Wildman–Crippen LogP) is 2.36. The molecule has 0 radical (unpaired) electrons. The van der Waals surface area contributed by atoms with Gasteiger partial charge in [-0.05, 0) is 18.2 Å². The van der Waals surface area contributed by atoms with Gasteiger partial charge in [0.15, 0.2) is 0 Å². The molecule has 0 atom stereocenters. The lowest BCUT2D eigenvalue weighted by Gasteiger charge is -1.89. The fourth-order valence-electron chi connectivity index (χ4n) is 0.691. The van der Waals surface area contributed by atoms with Crippen LogP contribution in [0.4, 0.5) is 4.39 Å². The van der Waals surface area contributed by atoms with E-state index in [0.717, 1.165) is 0 Å². The second-order valence-corrected chi connectivity index (χ2v) is 1.95. The van der Waals surface area contributed by atoms with Crippen LogP contribution in [0.5, 0.6) is 0 Å². The maximum Gasteiger partial charge on any atom is 0.138 e. The lowest BCUT2D eigenvalue weighted by Crippen LogP contribution is -1.79. The zero-order chi connectivity index (χ0) is 8.10. The highest BCUT2D eigenvalue weighted by molar-refractivity contribution is 5.37. The molecule has 0 N–H and O–H groups in total. The maximum absolute atomic E-state index is 12.8. The van der Waals surface area contributed by atoms with E-state index in [-0.39, 0.29) is 5.82 Å². The minimum atomic E-state index is -0.290. The van der Waals surface area contributed by atoms with Crippen molar-refractivity contribution in [3.8, 4) is 11.8 Å². The molecular weight excluding hydrogens is 139 g/mol. The molecule has 0 saturated carbocycles. The van der Waals surface area contributed by atoms with Crippen LogP contribution in [0.2, 0.25) is 0 Å². The largest absolute Gasteiger partial charge is 0.206 e. The monoisotopic (exact) mass is 146 g/mol. The second kappa shape index (κ2) is 3.58. The van der Waals surface area contributed by atoms with Crippen molar-refractivity contribution in [1.29, 1.82) is 0 Å². The van der Waals surface area contributed by atoms with Crippen molar-refractivity contribution in [3.63, 3.8) is 0 Å². The summed E-state index contributed by atoms with van der Waals surface area (Å²) in [6.45, 7) is 3.41. The molecule has 0 unspecified atom stereocenters. The number of halogens is 1. The molecule has 0 aliphatic heterocycles. The Kier molecular flexibility index (Phi) is 2.46. The van der Waals surface area contributed by atoms with Gasteiger partial charge in [0.05, 0.1) is 5.56 Å². The zero-order valence-corrected chi connectivity index (χ0v) is 5.97. The van der Waals surface area contributed by atoms with Gasteiger partial charge < -0.3 is 0 Å². The number of hydrogen-bond acceptors (Lipinski definition) is 0. The van der Waals surface area contributed by atoms with Crippen molar-refractivity contribution in [3.05, 3.63) is 48.3 Å². The van der Waals surface area contributed by atoms with E-state index in [1.807, 2.05) is 0 Å². The van der Waals surface area contributed by atoms with Crippen molar-refractivity contribution >= 4 is 0 Å². The molecule has 1 heteroatoms. The Morgan fingerprint density at radius 3 is 2.73 bits per heavy atom. The van der Waals surface area contributed by atoms with Gasteiger partial charge in [0.25, 0.3) is 0 Å². The Morgan fingerprint density at radius 2 is 2.09 bits per heavy atom. The van der Waals surface area contributed by atoms with E-state index in [2.05, 4.69) is 18.4 Å². The first-order valence-electron chi connectivity index (χ1n) is 3.21. The highest BCUT2D eigenvalue weighted by Gasteiger charge is 1.93. The molecule has 0 aromatic heterocycles. The SMILES string of the molecule is C=CC#Cc1ccccc1F. The molecule has 54 valence electrons. The third-order valence-electron chi connectivity index (χ3n) is 1.18. The summed E-state index contributed by atoms with van der Waals surface area (Å²) in [6, 6.07) is 6.39. The zero-order valence-electron chi connectivity index (χ0n) is 5.97.